The normalized spacial score (nSPS) is 24.4. The van der Waals surface area contributed by atoms with Crippen LogP contribution in [0.15, 0.2) is 0 Å². The molecule has 0 saturated carbocycles. The zero-order valence-corrected chi connectivity index (χ0v) is 11.5. The predicted molar refractivity (Wildman–Crippen MR) is 68.9 cm³/mol. The van der Waals surface area contributed by atoms with Crippen molar-refractivity contribution in [2.24, 2.45) is 5.92 Å². The summed E-state index contributed by atoms with van der Waals surface area (Å²) in [5.41, 5.74) is 0. The lowest BCUT2D eigenvalue weighted by atomic mass is 10.1. The lowest BCUT2D eigenvalue weighted by molar-refractivity contribution is -0.149. The van der Waals surface area contributed by atoms with Crippen LogP contribution in [0.25, 0.3) is 0 Å². The third-order valence-electron chi connectivity index (χ3n) is 2.78. The smallest absolute Gasteiger partial charge is 0.327 e. The Kier molecular flexibility index (Phi) is 5.31. The first-order valence-corrected chi connectivity index (χ1v) is 7.17. The Labute approximate surface area is 107 Å². The van der Waals surface area contributed by atoms with Crippen molar-refractivity contribution < 1.29 is 14.7 Å². The fourth-order valence-electron chi connectivity index (χ4n) is 2.01. The minimum Gasteiger partial charge on any atom is -0.480 e. The second-order valence-electron chi connectivity index (χ2n) is 4.83. The van der Waals surface area contributed by atoms with Gasteiger partial charge in [-0.25, -0.2) is 4.79 Å². The van der Waals surface area contributed by atoms with Gasteiger partial charge in [0.2, 0.25) is 5.91 Å². The molecular formula is C12H21NO3S. The fraction of sp³-hybridized carbons (Fsp3) is 0.833. The van der Waals surface area contributed by atoms with Crippen LogP contribution in [0.5, 0.6) is 0 Å². The Morgan fingerprint density at radius 1 is 1.47 bits per heavy atom. The van der Waals surface area contributed by atoms with E-state index in [0.717, 1.165) is 12.8 Å². The molecule has 1 fully saturated rings. The third kappa shape index (κ3) is 3.63. The van der Waals surface area contributed by atoms with E-state index in [2.05, 4.69) is 6.92 Å². The number of carbonyl (C=O) groups is 2. The van der Waals surface area contributed by atoms with Crippen LogP contribution in [0.4, 0.5) is 0 Å². The van der Waals surface area contributed by atoms with Gasteiger partial charge in [0.25, 0.3) is 0 Å². The molecule has 0 bridgehead atoms. The summed E-state index contributed by atoms with van der Waals surface area (Å²) in [4.78, 5) is 24.8. The molecule has 1 aliphatic heterocycles. The zero-order valence-electron chi connectivity index (χ0n) is 10.7. The summed E-state index contributed by atoms with van der Waals surface area (Å²) in [5, 5.41) is 9.19. The maximum Gasteiger partial charge on any atom is 0.327 e. The van der Waals surface area contributed by atoms with Crippen LogP contribution in [-0.4, -0.2) is 39.1 Å². The van der Waals surface area contributed by atoms with E-state index in [9.17, 15) is 9.59 Å². The lowest BCUT2D eigenvalue weighted by Gasteiger charge is -2.27. The molecule has 0 spiro atoms. The number of carboxylic acid groups (broad SMARTS) is 1. The number of nitrogens with zero attached hydrogens (tertiary/aromatic N) is 1. The van der Waals surface area contributed by atoms with E-state index < -0.39 is 12.0 Å². The second-order valence-corrected chi connectivity index (χ2v) is 6.04. The molecule has 98 valence electrons. The van der Waals surface area contributed by atoms with E-state index in [1.165, 1.54) is 0 Å². The maximum absolute atomic E-state index is 12.1. The molecule has 4 nitrogen and oxygen atoms in total. The number of hydrogen-bond donors (Lipinski definition) is 1. The van der Waals surface area contributed by atoms with E-state index in [1.54, 1.807) is 16.7 Å². The number of carbonyl (C=O) groups excluding carboxylic acids is 1. The summed E-state index contributed by atoms with van der Waals surface area (Å²) in [6.45, 7) is 6.01. The Morgan fingerprint density at radius 3 is 2.59 bits per heavy atom. The highest BCUT2D eigenvalue weighted by Gasteiger charge is 2.40. The molecular weight excluding hydrogens is 238 g/mol. The molecule has 0 aromatic rings. The van der Waals surface area contributed by atoms with Gasteiger partial charge >= 0.3 is 5.97 Å². The van der Waals surface area contributed by atoms with Gasteiger partial charge in [-0.05, 0) is 12.3 Å². The van der Waals surface area contributed by atoms with Crippen LogP contribution < -0.4 is 0 Å². The van der Waals surface area contributed by atoms with Crippen molar-refractivity contribution >= 4 is 23.6 Å². The number of amides is 1. The monoisotopic (exact) mass is 259 g/mol. The average molecular weight is 259 g/mol. The maximum atomic E-state index is 12.1. The molecule has 2 unspecified atom stereocenters. The van der Waals surface area contributed by atoms with Crippen LogP contribution in [-0.2, 0) is 9.59 Å². The highest BCUT2D eigenvalue weighted by molar-refractivity contribution is 8.00. The van der Waals surface area contributed by atoms with E-state index in [1.807, 2.05) is 13.8 Å². The zero-order chi connectivity index (χ0) is 13.0. The molecule has 1 amide bonds. The minimum atomic E-state index is -0.881. The molecule has 1 heterocycles. The van der Waals surface area contributed by atoms with E-state index in [-0.39, 0.29) is 17.2 Å². The van der Waals surface area contributed by atoms with Gasteiger partial charge < -0.3 is 10.0 Å². The highest BCUT2D eigenvalue weighted by atomic mass is 32.2. The minimum absolute atomic E-state index is 0.0177. The van der Waals surface area contributed by atoms with Crippen LogP contribution in [0.3, 0.4) is 0 Å². The first-order chi connectivity index (χ1) is 7.97. The Balaban J connectivity index is 2.77. The fourth-order valence-corrected chi connectivity index (χ4v) is 3.55. The number of hydrogen-bond acceptors (Lipinski definition) is 3. The van der Waals surface area contributed by atoms with Crippen molar-refractivity contribution in [1.29, 1.82) is 0 Å². The largest absolute Gasteiger partial charge is 0.480 e. The molecule has 1 rings (SSSR count). The van der Waals surface area contributed by atoms with Crippen molar-refractivity contribution in [3.63, 3.8) is 0 Å². The Morgan fingerprint density at radius 2 is 2.12 bits per heavy atom. The van der Waals surface area contributed by atoms with Gasteiger partial charge in [-0.15, -0.1) is 11.8 Å². The van der Waals surface area contributed by atoms with Crippen molar-refractivity contribution in [3.05, 3.63) is 0 Å². The molecule has 0 radical (unpaired) electrons. The average Bonchev–Trinajstić information content (AvgIpc) is 2.61. The predicted octanol–water partition coefficient (Wildman–Crippen LogP) is 2.19. The quantitative estimate of drug-likeness (QED) is 0.822. The van der Waals surface area contributed by atoms with E-state index >= 15 is 0 Å². The van der Waals surface area contributed by atoms with Gasteiger partial charge in [-0.2, -0.15) is 0 Å². The number of aliphatic carboxylic acids is 1. The molecule has 17 heavy (non-hydrogen) atoms. The number of carboxylic acids is 1. The highest BCUT2D eigenvalue weighted by Crippen LogP contribution is 2.33. The van der Waals surface area contributed by atoms with Crippen LogP contribution in [0, 0.1) is 5.92 Å². The molecule has 0 aliphatic carbocycles. The van der Waals surface area contributed by atoms with Gasteiger partial charge in [0.15, 0.2) is 0 Å². The first-order valence-electron chi connectivity index (χ1n) is 6.13. The summed E-state index contributed by atoms with van der Waals surface area (Å²) >= 11 is 1.59. The third-order valence-corrected chi connectivity index (χ3v) is 4.14. The molecule has 0 aromatic carbocycles. The van der Waals surface area contributed by atoms with Crippen LogP contribution in [0.1, 0.15) is 40.0 Å². The summed E-state index contributed by atoms with van der Waals surface area (Å²) in [6.07, 6.45) is 2.28. The number of rotatable bonds is 5. The van der Waals surface area contributed by atoms with E-state index in [0.29, 0.717) is 12.2 Å². The summed E-state index contributed by atoms with van der Waals surface area (Å²) in [7, 11) is 0. The van der Waals surface area contributed by atoms with Gasteiger partial charge in [0, 0.05) is 12.2 Å². The van der Waals surface area contributed by atoms with Crippen molar-refractivity contribution in [2.45, 2.75) is 51.4 Å². The first kappa shape index (κ1) is 14.4. The van der Waals surface area contributed by atoms with Gasteiger partial charge in [0.05, 0.1) is 5.37 Å². The summed E-state index contributed by atoms with van der Waals surface area (Å²) in [6, 6.07) is -0.636. The molecule has 1 saturated heterocycles. The van der Waals surface area contributed by atoms with Gasteiger partial charge in [-0.3, -0.25) is 4.79 Å². The number of thioether (sulfide) groups is 1. The Hall–Kier alpha value is -0.710. The van der Waals surface area contributed by atoms with Crippen molar-refractivity contribution in [3.8, 4) is 0 Å². The van der Waals surface area contributed by atoms with Crippen LogP contribution in [0.2, 0.25) is 0 Å². The summed E-state index contributed by atoms with van der Waals surface area (Å²) < 4.78 is 0. The van der Waals surface area contributed by atoms with Gasteiger partial charge in [0.1, 0.15) is 6.04 Å². The second kappa shape index (κ2) is 6.28. The molecule has 5 heteroatoms. The molecule has 1 aliphatic rings. The van der Waals surface area contributed by atoms with Crippen LogP contribution >= 0.6 is 11.8 Å². The molecule has 2 atom stereocenters. The SMILES string of the molecule is CCCC1SCC(C(=O)O)N1C(=O)CC(C)C. The topological polar surface area (TPSA) is 57.6 Å². The standard InChI is InChI=1S/C12H21NO3S/c1-4-5-11-13(10(14)6-8(2)3)9(7-17-11)12(15)16/h8-9,11H,4-7H2,1-3H3,(H,15,16). The molecule has 0 aromatic heterocycles. The lowest BCUT2D eigenvalue weighted by Crippen LogP contribution is -2.45. The van der Waals surface area contributed by atoms with Gasteiger partial charge in [-0.1, -0.05) is 27.2 Å². The van der Waals surface area contributed by atoms with Crippen molar-refractivity contribution in [2.75, 3.05) is 5.75 Å². The Bertz CT molecular complexity index is 293. The molecule has 1 N–H and O–H groups in total. The van der Waals surface area contributed by atoms with E-state index in [4.69, 9.17) is 5.11 Å². The van der Waals surface area contributed by atoms with Crippen molar-refractivity contribution in [1.82, 2.24) is 4.90 Å². The summed E-state index contributed by atoms with van der Waals surface area (Å²) in [5.74, 6) is -0.113.